The summed E-state index contributed by atoms with van der Waals surface area (Å²) in [5, 5.41) is 8.25. The molecule has 3 rings (SSSR count). The Bertz CT molecular complexity index is 1070. The molecule has 3 aromatic carbocycles. The van der Waals surface area contributed by atoms with Crippen molar-refractivity contribution in [3.63, 3.8) is 0 Å². The highest BCUT2D eigenvalue weighted by molar-refractivity contribution is 6.31. The average molecular weight is 426 g/mol. The van der Waals surface area contributed by atoms with Crippen LogP contribution < -0.4 is 15.4 Å². The molecule has 6 nitrogen and oxygen atoms in total. The molecule has 0 saturated carbocycles. The quantitative estimate of drug-likeness (QED) is 0.588. The van der Waals surface area contributed by atoms with Crippen LogP contribution in [0.5, 0.6) is 5.75 Å². The fraction of sp³-hybridized carbons (Fsp3) is 0.217. The number of rotatable bonds is 7. The van der Waals surface area contributed by atoms with Crippen LogP contribution in [0.25, 0.3) is 10.8 Å². The molecule has 0 saturated heterocycles. The normalized spacial score (nSPS) is 11.9. The van der Waals surface area contributed by atoms with E-state index < -0.39 is 6.04 Å². The second kappa shape index (κ2) is 9.61. The highest BCUT2D eigenvalue weighted by Crippen LogP contribution is 2.28. The maximum Gasteiger partial charge on any atom is 0.241 e. The van der Waals surface area contributed by atoms with Gasteiger partial charge in [0.05, 0.1) is 25.4 Å². The first-order valence-electron chi connectivity index (χ1n) is 9.51. The average Bonchev–Trinajstić information content (AvgIpc) is 2.73. The smallest absolute Gasteiger partial charge is 0.241 e. The van der Waals surface area contributed by atoms with Gasteiger partial charge in [-0.3, -0.25) is 14.5 Å². The standard InChI is InChI=1S/C23H24ClN3O3/c1-15(23(29)26-20-13-17(24)11-12-21(20)30-3)27(2)14-22(28)25-19-10-6-8-16-7-4-5-9-18(16)19/h4-13,15H,14H2,1-3H3,(H,25,28)(H,26,29)/t15-/m1/s1. The Kier molecular flexibility index (Phi) is 6.92. The lowest BCUT2D eigenvalue weighted by Gasteiger charge is -2.24. The molecule has 7 heteroatoms. The fourth-order valence-corrected chi connectivity index (χ4v) is 3.27. The Morgan fingerprint density at radius 1 is 1.03 bits per heavy atom. The molecule has 0 radical (unpaired) electrons. The van der Waals surface area contributed by atoms with E-state index in [0.29, 0.717) is 16.5 Å². The molecule has 3 aromatic rings. The minimum absolute atomic E-state index is 0.0600. The molecule has 0 aliphatic carbocycles. The molecule has 30 heavy (non-hydrogen) atoms. The Balaban J connectivity index is 1.63. The second-order valence-corrected chi connectivity index (χ2v) is 7.44. The molecule has 0 aliphatic heterocycles. The second-order valence-electron chi connectivity index (χ2n) is 7.00. The van der Waals surface area contributed by atoms with E-state index in [1.165, 1.54) is 7.11 Å². The predicted molar refractivity (Wildman–Crippen MR) is 121 cm³/mol. The van der Waals surface area contributed by atoms with Gasteiger partial charge >= 0.3 is 0 Å². The van der Waals surface area contributed by atoms with Crippen LogP contribution in [0.4, 0.5) is 11.4 Å². The summed E-state index contributed by atoms with van der Waals surface area (Å²) >= 11 is 6.02. The number of hydrogen-bond donors (Lipinski definition) is 2. The van der Waals surface area contributed by atoms with E-state index in [9.17, 15) is 9.59 Å². The van der Waals surface area contributed by atoms with Gasteiger partial charge in [-0.1, -0.05) is 48.0 Å². The third-order valence-corrected chi connectivity index (χ3v) is 5.15. The van der Waals surface area contributed by atoms with Crippen LogP contribution in [0.15, 0.2) is 60.7 Å². The van der Waals surface area contributed by atoms with Crippen molar-refractivity contribution in [2.75, 3.05) is 31.3 Å². The molecule has 0 bridgehead atoms. The SMILES string of the molecule is COc1ccc(Cl)cc1NC(=O)[C@@H](C)N(C)CC(=O)Nc1cccc2ccccc12. The highest BCUT2D eigenvalue weighted by Gasteiger charge is 2.21. The molecule has 0 unspecified atom stereocenters. The number of nitrogens with one attached hydrogen (secondary N) is 2. The molecule has 2 N–H and O–H groups in total. The summed E-state index contributed by atoms with van der Waals surface area (Å²) in [6.45, 7) is 1.79. The number of ether oxygens (including phenoxy) is 1. The molecule has 0 aliphatic rings. The van der Waals surface area contributed by atoms with Crippen LogP contribution in [0.3, 0.4) is 0 Å². The molecule has 156 valence electrons. The van der Waals surface area contributed by atoms with Crippen LogP contribution in [-0.2, 0) is 9.59 Å². The van der Waals surface area contributed by atoms with Crippen molar-refractivity contribution in [2.24, 2.45) is 0 Å². The zero-order chi connectivity index (χ0) is 21.7. The Labute approximate surface area is 180 Å². The van der Waals surface area contributed by atoms with E-state index in [1.807, 2.05) is 42.5 Å². The number of hydrogen-bond acceptors (Lipinski definition) is 4. The molecular formula is C23H24ClN3O3. The number of carbonyl (C=O) groups excluding carboxylic acids is 2. The fourth-order valence-electron chi connectivity index (χ4n) is 3.10. The summed E-state index contributed by atoms with van der Waals surface area (Å²) in [5.74, 6) is 0.0427. The van der Waals surface area contributed by atoms with Crippen molar-refractivity contribution in [1.82, 2.24) is 4.90 Å². The van der Waals surface area contributed by atoms with Crippen molar-refractivity contribution in [1.29, 1.82) is 0 Å². The molecule has 0 aromatic heterocycles. The largest absolute Gasteiger partial charge is 0.495 e. The van der Waals surface area contributed by atoms with Gasteiger partial charge in [0.2, 0.25) is 11.8 Å². The molecule has 0 heterocycles. The minimum atomic E-state index is -0.549. The molecule has 1 atom stereocenters. The minimum Gasteiger partial charge on any atom is -0.495 e. The number of carbonyl (C=O) groups is 2. The summed E-state index contributed by atoms with van der Waals surface area (Å²) < 4.78 is 5.26. The zero-order valence-corrected chi connectivity index (χ0v) is 17.9. The number of fused-ring (bicyclic) bond motifs is 1. The van der Waals surface area contributed by atoms with E-state index in [2.05, 4.69) is 10.6 Å². The van der Waals surface area contributed by atoms with E-state index in [0.717, 1.165) is 16.5 Å². The Hall–Kier alpha value is -3.09. The van der Waals surface area contributed by atoms with Crippen molar-refractivity contribution in [3.05, 3.63) is 65.7 Å². The highest BCUT2D eigenvalue weighted by atomic mass is 35.5. The van der Waals surface area contributed by atoms with Crippen molar-refractivity contribution in [2.45, 2.75) is 13.0 Å². The van der Waals surface area contributed by atoms with Gasteiger partial charge in [-0.15, -0.1) is 0 Å². The van der Waals surface area contributed by atoms with Crippen molar-refractivity contribution < 1.29 is 14.3 Å². The lowest BCUT2D eigenvalue weighted by atomic mass is 10.1. The molecule has 0 fully saturated rings. The Morgan fingerprint density at radius 3 is 2.53 bits per heavy atom. The maximum absolute atomic E-state index is 12.7. The van der Waals surface area contributed by atoms with E-state index in [-0.39, 0.29) is 18.4 Å². The topological polar surface area (TPSA) is 70.7 Å². The number of anilines is 2. The van der Waals surface area contributed by atoms with Gasteiger partial charge in [0.1, 0.15) is 5.75 Å². The summed E-state index contributed by atoms with van der Waals surface area (Å²) in [4.78, 5) is 26.9. The lowest BCUT2D eigenvalue weighted by molar-refractivity contribution is -0.122. The van der Waals surface area contributed by atoms with Gasteiger partial charge < -0.3 is 15.4 Å². The molecule has 0 spiro atoms. The monoisotopic (exact) mass is 425 g/mol. The number of likely N-dealkylation sites (N-methyl/N-ethyl adjacent to an activating group) is 1. The van der Waals surface area contributed by atoms with E-state index >= 15 is 0 Å². The van der Waals surface area contributed by atoms with E-state index in [1.54, 1.807) is 37.1 Å². The van der Waals surface area contributed by atoms with Gasteiger partial charge in [0, 0.05) is 16.1 Å². The first kappa shape index (κ1) is 21.6. The number of halogens is 1. The molecule has 2 amide bonds. The maximum atomic E-state index is 12.7. The molecular weight excluding hydrogens is 402 g/mol. The third kappa shape index (κ3) is 5.09. The van der Waals surface area contributed by atoms with Gasteiger partial charge in [-0.2, -0.15) is 0 Å². The zero-order valence-electron chi connectivity index (χ0n) is 17.1. The number of amides is 2. The summed E-state index contributed by atoms with van der Waals surface area (Å²) in [6, 6.07) is 18.0. The van der Waals surface area contributed by atoms with E-state index in [4.69, 9.17) is 16.3 Å². The van der Waals surface area contributed by atoms with Crippen LogP contribution in [0.2, 0.25) is 5.02 Å². The van der Waals surface area contributed by atoms with Gasteiger partial charge in [0.15, 0.2) is 0 Å². The van der Waals surface area contributed by atoms with Crippen LogP contribution >= 0.6 is 11.6 Å². The summed E-state index contributed by atoms with van der Waals surface area (Å²) in [7, 11) is 3.24. The number of benzene rings is 3. The number of nitrogens with zero attached hydrogens (tertiary/aromatic N) is 1. The Morgan fingerprint density at radius 2 is 1.77 bits per heavy atom. The van der Waals surface area contributed by atoms with Crippen molar-refractivity contribution in [3.8, 4) is 5.75 Å². The first-order valence-corrected chi connectivity index (χ1v) is 9.89. The predicted octanol–water partition coefficient (Wildman–Crippen LogP) is 4.40. The first-order chi connectivity index (χ1) is 14.4. The van der Waals surface area contributed by atoms with Crippen LogP contribution in [0, 0.1) is 0 Å². The van der Waals surface area contributed by atoms with Crippen LogP contribution in [-0.4, -0.2) is 43.5 Å². The van der Waals surface area contributed by atoms with Crippen LogP contribution in [0.1, 0.15) is 6.92 Å². The summed E-state index contributed by atoms with van der Waals surface area (Å²) in [5.41, 5.74) is 1.22. The summed E-state index contributed by atoms with van der Waals surface area (Å²) in [6.07, 6.45) is 0. The van der Waals surface area contributed by atoms with Crippen molar-refractivity contribution >= 4 is 45.6 Å². The number of methoxy groups -OCH3 is 1. The third-order valence-electron chi connectivity index (χ3n) is 4.92. The van der Waals surface area contributed by atoms with Gasteiger partial charge in [-0.05, 0) is 43.6 Å². The lowest BCUT2D eigenvalue weighted by Crippen LogP contribution is -2.43. The van der Waals surface area contributed by atoms with Gasteiger partial charge in [0.25, 0.3) is 0 Å². The van der Waals surface area contributed by atoms with Gasteiger partial charge in [-0.25, -0.2) is 0 Å².